The van der Waals surface area contributed by atoms with Crippen molar-refractivity contribution in [1.82, 2.24) is 5.32 Å². The first-order chi connectivity index (χ1) is 9.52. The van der Waals surface area contributed by atoms with Crippen molar-refractivity contribution >= 4 is 11.9 Å². The van der Waals surface area contributed by atoms with E-state index in [-0.39, 0.29) is 25.3 Å². The van der Waals surface area contributed by atoms with Gasteiger partial charge >= 0.3 is 5.97 Å². The molecule has 1 atom stereocenters. The summed E-state index contributed by atoms with van der Waals surface area (Å²) in [7, 11) is 1.36. The third-order valence-corrected chi connectivity index (χ3v) is 2.46. The van der Waals surface area contributed by atoms with E-state index in [1.165, 1.54) is 25.3 Å². The van der Waals surface area contributed by atoms with Crippen molar-refractivity contribution in [3.8, 4) is 5.75 Å². The Labute approximate surface area is 115 Å². The monoisotopic (exact) mass is 285 g/mol. The molecule has 0 aromatic heterocycles. The van der Waals surface area contributed by atoms with E-state index in [9.17, 15) is 14.0 Å². The second-order valence-corrected chi connectivity index (χ2v) is 3.98. The molecule has 0 aliphatic heterocycles. The van der Waals surface area contributed by atoms with Crippen molar-refractivity contribution in [2.24, 2.45) is 0 Å². The summed E-state index contributed by atoms with van der Waals surface area (Å²) in [6.07, 6.45) is -0.838. The van der Waals surface area contributed by atoms with Gasteiger partial charge in [0.1, 0.15) is 0 Å². The standard InChI is InChI=1S/C13H16FNO5/c1-19-9(6-13(17)18)7-15-12(16)8-20-11-5-3-2-4-10(11)14/h2-5,9H,6-8H2,1H3,(H,15,16)(H,17,18). The van der Waals surface area contributed by atoms with Gasteiger partial charge in [-0.25, -0.2) is 4.39 Å². The Balaban J connectivity index is 2.33. The van der Waals surface area contributed by atoms with Gasteiger partial charge < -0.3 is 19.9 Å². The minimum atomic E-state index is -1.02. The molecule has 0 fully saturated rings. The van der Waals surface area contributed by atoms with Crippen molar-refractivity contribution in [2.45, 2.75) is 12.5 Å². The molecule has 0 radical (unpaired) electrons. The lowest BCUT2D eigenvalue weighted by Gasteiger charge is -2.14. The first-order valence-electron chi connectivity index (χ1n) is 5.91. The van der Waals surface area contributed by atoms with Crippen LogP contribution in [0.1, 0.15) is 6.42 Å². The highest BCUT2D eigenvalue weighted by Crippen LogP contribution is 2.14. The fourth-order valence-corrected chi connectivity index (χ4v) is 1.42. The summed E-state index contributed by atoms with van der Waals surface area (Å²) < 4.78 is 23.1. The van der Waals surface area contributed by atoms with Gasteiger partial charge in [0.25, 0.3) is 5.91 Å². The topological polar surface area (TPSA) is 84.9 Å². The highest BCUT2D eigenvalue weighted by Gasteiger charge is 2.14. The molecule has 20 heavy (non-hydrogen) atoms. The molecule has 0 aliphatic rings. The van der Waals surface area contributed by atoms with Gasteiger partial charge in [0, 0.05) is 13.7 Å². The smallest absolute Gasteiger partial charge is 0.306 e. The molecule has 7 heteroatoms. The van der Waals surface area contributed by atoms with E-state index in [1.807, 2.05) is 0 Å². The zero-order chi connectivity index (χ0) is 15.0. The maximum Gasteiger partial charge on any atom is 0.306 e. The fraction of sp³-hybridized carbons (Fsp3) is 0.385. The van der Waals surface area contributed by atoms with Crippen molar-refractivity contribution < 1.29 is 28.6 Å². The highest BCUT2D eigenvalue weighted by atomic mass is 19.1. The quantitative estimate of drug-likeness (QED) is 0.738. The average Bonchev–Trinajstić information content (AvgIpc) is 2.42. The van der Waals surface area contributed by atoms with Crippen LogP contribution in [0.5, 0.6) is 5.75 Å². The number of para-hydroxylation sites is 1. The van der Waals surface area contributed by atoms with Crippen LogP contribution >= 0.6 is 0 Å². The summed E-state index contributed by atoms with van der Waals surface area (Å²) in [5.74, 6) is -2.08. The highest BCUT2D eigenvalue weighted by molar-refractivity contribution is 5.77. The Morgan fingerprint density at radius 3 is 2.70 bits per heavy atom. The predicted molar refractivity (Wildman–Crippen MR) is 68.0 cm³/mol. The number of hydrogen-bond acceptors (Lipinski definition) is 4. The number of carboxylic acids is 1. The van der Waals surface area contributed by atoms with Crippen LogP contribution in [0.2, 0.25) is 0 Å². The second-order valence-electron chi connectivity index (χ2n) is 3.98. The number of nitrogens with one attached hydrogen (secondary N) is 1. The third-order valence-electron chi connectivity index (χ3n) is 2.46. The van der Waals surface area contributed by atoms with Crippen LogP contribution < -0.4 is 10.1 Å². The summed E-state index contributed by atoms with van der Waals surface area (Å²) >= 11 is 0. The van der Waals surface area contributed by atoms with Crippen molar-refractivity contribution in [1.29, 1.82) is 0 Å². The first-order valence-corrected chi connectivity index (χ1v) is 5.91. The molecular formula is C13H16FNO5. The zero-order valence-electron chi connectivity index (χ0n) is 11.0. The second kappa shape index (κ2) is 8.11. The summed E-state index contributed by atoms with van der Waals surface area (Å²) in [6, 6.07) is 5.73. The third kappa shape index (κ3) is 5.66. The Bertz CT molecular complexity index is 466. The Morgan fingerprint density at radius 1 is 1.40 bits per heavy atom. The maximum atomic E-state index is 13.2. The largest absolute Gasteiger partial charge is 0.481 e. The molecule has 0 spiro atoms. The molecule has 0 heterocycles. The normalized spacial score (nSPS) is 11.7. The number of amides is 1. The van der Waals surface area contributed by atoms with Gasteiger partial charge in [0.15, 0.2) is 18.2 Å². The number of benzene rings is 1. The van der Waals surface area contributed by atoms with E-state index in [0.717, 1.165) is 0 Å². The number of rotatable bonds is 8. The minimum Gasteiger partial charge on any atom is -0.481 e. The van der Waals surface area contributed by atoms with E-state index in [2.05, 4.69) is 5.32 Å². The molecule has 1 amide bonds. The van der Waals surface area contributed by atoms with Crippen molar-refractivity contribution in [3.63, 3.8) is 0 Å². The molecule has 1 rings (SSSR count). The average molecular weight is 285 g/mol. The molecule has 0 saturated carbocycles. The van der Waals surface area contributed by atoms with Crippen LogP contribution in [-0.2, 0) is 14.3 Å². The zero-order valence-corrected chi connectivity index (χ0v) is 11.0. The number of carbonyl (C=O) groups excluding carboxylic acids is 1. The Morgan fingerprint density at radius 2 is 2.10 bits per heavy atom. The van der Waals surface area contributed by atoms with Gasteiger partial charge in [0.2, 0.25) is 0 Å². The fourth-order valence-electron chi connectivity index (χ4n) is 1.42. The number of halogens is 1. The van der Waals surface area contributed by atoms with Crippen molar-refractivity contribution in [2.75, 3.05) is 20.3 Å². The van der Waals surface area contributed by atoms with Gasteiger partial charge in [-0.3, -0.25) is 9.59 Å². The molecular weight excluding hydrogens is 269 g/mol. The van der Waals surface area contributed by atoms with E-state index < -0.39 is 23.8 Å². The molecule has 1 aromatic carbocycles. The van der Waals surface area contributed by atoms with Gasteiger partial charge in [0.05, 0.1) is 12.5 Å². The Kier molecular flexibility index (Phi) is 6.45. The number of carbonyl (C=O) groups is 2. The number of carboxylic acid groups (broad SMARTS) is 1. The summed E-state index contributed by atoms with van der Waals surface area (Å²) in [4.78, 5) is 22.0. The molecule has 6 nitrogen and oxygen atoms in total. The van der Waals surface area contributed by atoms with Crippen LogP contribution in [0, 0.1) is 5.82 Å². The predicted octanol–water partition coefficient (Wildman–Crippen LogP) is 0.810. The van der Waals surface area contributed by atoms with Gasteiger partial charge in [-0.1, -0.05) is 12.1 Å². The van der Waals surface area contributed by atoms with Crippen LogP contribution in [0.4, 0.5) is 4.39 Å². The summed E-state index contributed by atoms with van der Waals surface area (Å²) in [5, 5.41) is 11.1. The molecule has 1 unspecified atom stereocenters. The SMILES string of the molecule is COC(CNC(=O)COc1ccccc1F)CC(=O)O. The molecule has 0 saturated heterocycles. The maximum absolute atomic E-state index is 13.2. The molecule has 110 valence electrons. The van der Waals surface area contributed by atoms with E-state index in [0.29, 0.717) is 0 Å². The van der Waals surface area contributed by atoms with Gasteiger partial charge in [-0.2, -0.15) is 0 Å². The first kappa shape index (κ1) is 15.9. The van der Waals surface area contributed by atoms with Crippen LogP contribution in [0.3, 0.4) is 0 Å². The van der Waals surface area contributed by atoms with E-state index in [1.54, 1.807) is 6.07 Å². The molecule has 2 N–H and O–H groups in total. The van der Waals surface area contributed by atoms with Crippen LogP contribution in [0.25, 0.3) is 0 Å². The lowest BCUT2D eigenvalue weighted by Crippen LogP contribution is -2.37. The lowest BCUT2D eigenvalue weighted by atomic mass is 10.2. The van der Waals surface area contributed by atoms with Gasteiger partial charge in [-0.05, 0) is 12.1 Å². The lowest BCUT2D eigenvalue weighted by molar-refractivity contribution is -0.140. The minimum absolute atomic E-state index is 0.0172. The number of ether oxygens (including phenoxy) is 2. The van der Waals surface area contributed by atoms with E-state index >= 15 is 0 Å². The number of aliphatic carboxylic acids is 1. The number of hydrogen-bond donors (Lipinski definition) is 2. The van der Waals surface area contributed by atoms with Crippen LogP contribution in [0.15, 0.2) is 24.3 Å². The molecule has 1 aromatic rings. The van der Waals surface area contributed by atoms with Crippen molar-refractivity contribution in [3.05, 3.63) is 30.1 Å². The number of methoxy groups -OCH3 is 1. The van der Waals surface area contributed by atoms with Crippen LogP contribution in [-0.4, -0.2) is 43.3 Å². The molecule has 0 aliphatic carbocycles. The molecule has 0 bridgehead atoms. The Hall–Kier alpha value is -2.15. The van der Waals surface area contributed by atoms with Gasteiger partial charge in [-0.15, -0.1) is 0 Å². The summed E-state index contributed by atoms with van der Waals surface area (Å²) in [6.45, 7) is -0.313. The summed E-state index contributed by atoms with van der Waals surface area (Å²) in [5.41, 5.74) is 0. The van der Waals surface area contributed by atoms with E-state index in [4.69, 9.17) is 14.6 Å².